The zero-order valence-corrected chi connectivity index (χ0v) is 52.8. The van der Waals surface area contributed by atoms with Crippen molar-refractivity contribution < 1.29 is 67.9 Å². The number of unbranched alkanes of at least 4 members (excludes halogenated alkanes) is 7. The maximum Gasteiger partial charge on any atom is 0.533 e. The third kappa shape index (κ3) is 15.0. The van der Waals surface area contributed by atoms with Crippen LogP contribution in [0.15, 0.2) is 24.3 Å². The summed E-state index contributed by atoms with van der Waals surface area (Å²) in [5, 5.41) is 38.4. The largest absolute Gasteiger partial charge is 0.533 e. The van der Waals surface area contributed by atoms with E-state index in [0.29, 0.717) is 80.1 Å². The minimum Gasteiger partial charge on any atom is -0.504 e. The maximum absolute atomic E-state index is 12.6. The van der Waals surface area contributed by atoms with Gasteiger partial charge < -0.3 is 59.5 Å². The van der Waals surface area contributed by atoms with Gasteiger partial charge in [0, 0.05) is 97.6 Å². The van der Waals surface area contributed by atoms with Gasteiger partial charge in [0.25, 0.3) is 0 Å². The van der Waals surface area contributed by atoms with E-state index < -0.39 is 18.5 Å². The second-order valence-electron chi connectivity index (χ2n) is 27.0. The molecule has 8 aliphatic rings. The molecule has 13 unspecified atom stereocenters. The number of nitrogens with one attached hydrogen (secondary N) is 3. The quantitative estimate of drug-likeness (QED) is 0.0132. The van der Waals surface area contributed by atoms with Gasteiger partial charge >= 0.3 is 6.16 Å². The van der Waals surface area contributed by atoms with Gasteiger partial charge in [-0.1, -0.05) is 58.1 Å². The topological polar surface area (TPSA) is 252 Å². The Morgan fingerprint density at radius 3 is 1.77 bits per heavy atom. The second kappa shape index (κ2) is 30.1. The fourth-order valence-electron chi connectivity index (χ4n) is 16.3. The number of aliphatic hydroxyl groups is 2. The van der Waals surface area contributed by atoms with E-state index in [9.17, 15) is 44.1 Å². The Balaban J connectivity index is 0.000000208. The molecule has 19 nitrogen and oxygen atoms in total. The Hall–Kier alpha value is -5.18. The number of amides is 2. The smallest absolute Gasteiger partial charge is 0.504 e. The highest BCUT2D eigenvalue weighted by atomic mass is 16.8. The van der Waals surface area contributed by atoms with Crippen LogP contribution < -0.4 is 30.3 Å². The molecule has 2 amide bonds. The van der Waals surface area contributed by atoms with Crippen molar-refractivity contribution in [1.82, 2.24) is 25.9 Å². The van der Waals surface area contributed by atoms with Crippen LogP contribution in [0.4, 0.5) is 4.79 Å². The number of rotatable bonds is 32. The number of ether oxygens (including phenoxy) is 4. The predicted octanol–water partition coefficient (Wildman–Crippen LogP) is 8.77. The summed E-state index contributed by atoms with van der Waals surface area (Å²) in [4.78, 5) is 81.7. The van der Waals surface area contributed by atoms with Gasteiger partial charge in [-0.2, -0.15) is 0 Å². The van der Waals surface area contributed by atoms with Gasteiger partial charge in [0.1, 0.15) is 29.6 Å². The number of ketones is 3. The fraction of sp³-hybridized carbons (Fsp3) is 0.735. The third-order valence-corrected chi connectivity index (χ3v) is 21.4. The molecule has 4 fully saturated rings. The monoisotopic (exact) mass is 1210 g/mol. The molecule has 2 saturated carbocycles. The highest BCUT2D eigenvalue weighted by Crippen LogP contribution is 2.65. The van der Waals surface area contributed by atoms with E-state index in [1.165, 1.54) is 16.7 Å². The average Bonchev–Trinajstić information content (AvgIpc) is 1.61. The number of piperidine rings is 2. The number of hydroxylamine groups is 1. The Labute approximate surface area is 515 Å². The number of carbonyl (C=O) groups is 6. The molecule has 10 rings (SSSR count). The number of hydrogen-bond donors (Lipinski definition) is 6. The normalized spacial score (nSPS) is 27.8. The number of aromatic hydroxyl groups is 1. The van der Waals surface area contributed by atoms with Crippen molar-refractivity contribution >= 4 is 35.3 Å². The molecule has 2 saturated heterocycles. The first-order valence-corrected chi connectivity index (χ1v) is 33.3. The zero-order valence-electron chi connectivity index (χ0n) is 52.8. The Morgan fingerprint density at radius 1 is 0.632 bits per heavy atom. The SMILES string of the molecule is CC(=O)C(C)CCCCNC(=O)CCCCCCC(=O)CCC(O)OC1CCC2C3Cc4ccc(O)c5c4C2(CCN3C)C1O5.CC(=O)C(C)CCCCNC(=O)CCCCCNOC(=O)Oc1ccc2c3c1OC1C(O)CCC4C(C2)N(C)CCC341. The van der Waals surface area contributed by atoms with Crippen LogP contribution in [0.5, 0.6) is 23.0 Å². The van der Waals surface area contributed by atoms with Crippen molar-refractivity contribution in [2.45, 2.75) is 248 Å². The Morgan fingerprint density at radius 2 is 1.16 bits per heavy atom. The number of benzene rings is 2. The first-order valence-electron chi connectivity index (χ1n) is 33.3. The van der Waals surface area contributed by atoms with Gasteiger partial charge in [0.2, 0.25) is 11.8 Å². The first-order chi connectivity index (χ1) is 41.8. The summed E-state index contributed by atoms with van der Waals surface area (Å²) in [7, 11) is 4.40. The lowest BCUT2D eigenvalue weighted by atomic mass is 9.51. The van der Waals surface area contributed by atoms with Gasteiger partial charge in [0.05, 0.1) is 12.2 Å². The van der Waals surface area contributed by atoms with Crippen LogP contribution in [0.2, 0.25) is 0 Å². The molecule has 2 spiro atoms. The Bertz CT molecular complexity index is 2740. The van der Waals surface area contributed by atoms with Crippen molar-refractivity contribution in [1.29, 1.82) is 0 Å². The second-order valence-corrected chi connectivity index (χ2v) is 27.0. The number of aliphatic hydroxyl groups excluding tert-OH is 2. The van der Waals surface area contributed by atoms with Crippen LogP contribution in [0.1, 0.15) is 204 Å². The lowest BCUT2D eigenvalue weighted by Gasteiger charge is -2.59. The molecule has 2 aromatic rings. The minimum absolute atomic E-state index is 0.0387. The van der Waals surface area contributed by atoms with Crippen molar-refractivity contribution in [2.24, 2.45) is 23.7 Å². The van der Waals surface area contributed by atoms with E-state index in [0.717, 1.165) is 153 Å². The highest BCUT2D eigenvalue weighted by Gasteiger charge is 2.67. The molecule has 4 aliphatic carbocycles. The molecule has 0 radical (unpaired) electrons. The van der Waals surface area contributed by atoms with E-state index in [1.54, 1.807) is 26.0 Å². The van der Waals surface area contributed by atoms with E-state index in [1.807, 2.05) is 19.9 Å². The van der Waals surface area contributed by atoms with Crippen LogP contribution in [-0.4, -0.2) is 150 Å². The summed E-state index contributed by atoms with van der Waals surface area (Å²) in [6.45, 7) is 10.8. The molecule has 0 aromatic heterocycles. The van der Waals surface area contributed by atoms with E-state index in [-0.39, 0.29) is 88.7 Å². The van der Waals surface area contributed by atoms with Crippen molar-refractivity contribution in [2.75, 3.05) is 46.8 Å². The van der Waals surface area contributed by atoms with Crippen molar-refractivity contribution in [3.63, 3.8) is 0 Å². The molecule has 87 heavy (non-hydrogen) atoms. The summed E-state index contributed by atoms with van der Waals surface area (Å²) < 4.78 is 24.8. The molecular formula is C68H101N5O14. The van der Waals surface area contributed by atoms with Gasteiger partial charge in [-0.05, 0) is 179 Å². The summed E-state index contributed by atoms with van der Waals surface area (Å²) in [6.07, 6.45) is 17.0. The van der Waals surface area contributed by atoms with Crippen LogP contribution >= 0.6 is 0 Å². The number of likely N-dealkylation sites (tertiary alicyclic amines) is 2. The number of Topliss-reactive ketones (excluding diaryl/α,β-unsaturated/α-hetero) is 3. The number of carbonyl (C=O) groups excluding carboxylic acids is 6. The van der Waals surface area contributed by atoms with Crippen LogP contribution in [0.25, 0.3) is 0 Å². The number of phenolic OH excluding ortho intramolecular Hbond substituents is 1. The minimum atomic E-state index is -1.03. The van der Waals surface area contributed by atoms with Gasteiger partial charge in [-0.3, -0.25) is 24.0 Å². The summed E-state index contributed by atoms with van der Waals surface area (Å²) in [5.41, 5.74) is 7.02. The first kappa shape index (κ1) is 66.2. The average molecular weight is 1210 g/mol. The van der Waals surface area contributed by atoms with Gasteiger partial charge in [0.15, 0.2) is 29.3 Å². The highest BCUT2D eigenvalue weighted by molar-refractivity contribution is 5.79. The molecule has 2 aromatic carbocycles. The predicted molar refractivity (Wildman–Crippen MR) is 327 cm³/mol. The van der Waals surface area contributed by atoms with E-state index >= 15 is 0 Å². The zero-order chi connectivity index (χ0) is 62.0. The lowest BCUT2D eigenvalue weighted by molar-refractivity contribution is -0.196. The van der Waals surface area contributed by atoms with Gasteiger partial charge in [-0.25, -0.2) is 4.79 Å². The van der Waals surface area contributed by atoms with E-state index in [4.69, 9.17) is 23.8 Å². The number of nitrogens with zero attached hydrogens (tertiary/aromatic N) is 2. The fourth-order valence-corrected chi connectivity index (χ4v) is 16.3. The molecule has 6 N–H and O–H groups in total. The molecule has 4 bridgehead atoms. The number of phenols is 1. The standard InChI is InChI=1S/C36H54N2O7.C32H47N3O7/c1-23(24(2)39)10-8-9-20-37-31(42)12-7-5-4-6-11-26(40)14-18-32(43)44-30-17-15-27-28-22-25-13-16-29(41)34-33(25)36(27,35(30)45-34)19-21-38(28)3;1-20(21(2)36)9-6-8-16-33-27(38)10-5-4-7-17-34-42-31(39)40-26-14-11-22-19-24-23-12-13-25(37)30-32(23,15-18-35(24)3)28(22)29(26)41-30/h13,16,23,27-28,30,32,35,41,43H,4-12,14-15,17-22H2,1-3H3,(H,37,42);11,14,20,23-25,30,34,37H,4-10,12-13,15-19H2,1-3H3,(H,33,38). The molecule has 4 heterocycles. The summed E-state index contributed by atoms with van der Waals surface area (Å²) >= 11 is 0. The summed E-state index contributed by atoms with van der Waals surface area (Å²) in [5.74, 6) is 3.42. The van der Waals surface area contributed by atoms with Crippen LogP contribution in [-0.2, 0) is 57.2 Å². The number of likely N-dealkylation sites (N-methyl/N-ethyl adjacent to an activating group) is 2. The van der Waals surface area contributed by atoms with Crippen molar-refractivity contribution in [3.8, 4) is 23.0 Å². The maximum atomic E-state index is 12.6. The van der Waals surface area contributed by atoms with Crippen LogP contribution in [0.3, 0.4) is 0 Å². The molecule has 19 heteroatoms. The summed E-state index contributed by atoms with van der Waals surface area (Å²) in [6, 6.07) is 8.49. The van der Waals surface area contributed by atoms with E-state index in [2.05, 4.69) is 46.1 Å². The van der Waals surface area contributed by atoms with Crippen LogP contribution in [0, 0.1) is 23.7 Å². The molecule has 4 aliphatic heterocycles. The lowest BCUT2D eigenvalue weighted by Crippen LogP contribution is -2.66. The number of hydrogen-bond acceptors (Lipinski definition) is 17. The van der Waals surface area contributed by atoms with Gasteiger partial charge in [-0.15, -0.1) is 5.48 Å². The third-order valence-electron chi connectivity index (χ3n) is 21.4. The molecule has 482 valence electrons. The molecule has 13 atom stereocenters. The van der Waals surface area contributed by atoms with Crippen molar-refractivity contribution in [3.05, 3.63) is 46.5 Å². The Kier molecular flexibility index (Phi) is 22.9. The molecular weight excluding hydrogens is 1110 g/mol.